The summed E-state index contributed by atoms with van der Waals surface area (Å²) in [7, 11) is -3.41. The molecule has 6 nitrogen and oxygen atoms in total. The SMILES string of the molecule is CC(N)CCNS(=O)(=O)c1cn[nH]c1. The molecule has 0 radical (unpaired) electrons. The van der Waals surface area contributed by atoms with Crippen LogP contribution < -0.4 is 10.5 Å². The number of aromatic amines is 1. The molecule has 0 spiro atoms. The zero-order valence-electron chi connectivity index (χ0n) is 7.90. The van der Waals surface area contributed by atoms with Gasteiger partial charge in [-0.05, 0) is 13.3 Å². The van der Waals surface area contributed by atoms with Gasteiger partial charge >= 0.3 is 0 Å². The third kappa shape index (κ3) is 3.09. The summed E-state index contributed by atoms with van der Waals surface area (Å²) in [5.41, 5.74) is 5.49. The van der Waals surface area contributed by atoms with Crippen LogP contribution in [-0.2, 0) is 10.0 Å². The molecule has 1 heterocycles. The summed E-state index contributed by atoms with van der Waals surface area (Å²) in [6, 6.07) is -0.0120. The number of nitrogens with zero attached hydrogens (tertiary/aromatic N) is 1. The Hall–Kier alpha value is -0.920. The van der Waals surface area contributed by atoms with Crippen molar-refractivity contribution in [2.24, 2.45) is 5.73 Å². The summed E-state index contributed by atoms with van der Waals surface area (Å²) in [5, 5.41) is 6.00. The number of hydrogen-bond donors (Lipinski definition) is 3. The molecule has 0 amide bonds. The van der Waals surface area contributed by atoms with E-state index < -0.39 is 10.0 Å². The van der Waals surface area contributed by atoms with Crippen molar-refractivity contribution in [1.29, 1.82) is 0 Å². The molecule has 1 atom stereocenters. The highest BCUT2D eigenvalue weighted by Crippen LogP contribution is 2.03. The summed E-state index contributed by atoms with van der Waals surface area (Å²) in [6.45, 7) is 2.16. The van der Waals surface area contributed by atoms with Gasteiger partial charge in [0.05, 0.1) is 6.20 Å². The molecule has 0 aliphatic carbocycles. The maximum atomic E-state index is 11.5. The van der Waals surface area contributed by atoms with Crippen molar-refractivity contribution in [1.82, 2.24) is 14.9 Å². The monoisotopic (exact) mass is 218 g/mol. The summed E-state index contributed by atoms with van der Waals surface area (Å²) in [6.07, 6.45) is 3.19. The van der Waals surface area contributed by atoms with Crippen LogP contribution in [0.5, 0.6) is 0 Å². The van der Waals surface area contributed by atoms with Gasteiger partial charge in [0.2, 0.25) is 10.0 Å². The fourth-order valence-corrected chi connectivity index (χ4v) is 1.84. The molecule has 0 saturated heterocycles. The van der Waals surface area contributed by atoms with Gasteiger partial charge in [0, 0.05) is 18.8 Å². The average molecular weight is 218 g/mol. The zero-order chi connectivity index (χ0) is 10.6. The molecule has 80 valence electrons. The second kappa shape index (κ2) is 4.54. The molecule has 4 N–H and O–H groups in total. The van der Waals surface area contributed by atoms with E-state index in [2.05, 4.69) is 14.9 Å². The van der Waals surface area contributed by atoms with E-state index in [-0.39, 0.29) is 10.9 Å². The number of sulfonamides is 1. The molecule has 0 fully saturated rings. The van der Waals surface area contributed by atoms with Crippen molar-refractivity contribution < 1.29 is 8.42 Å². The molecule has 1 rings (SSSR count). The quantitative estimate of drug-likeness (QED) is 0.615. The molecular weight excluding hydrogens is 204 g/mol. The molecule has 14 heavy (non-hydrogen) atoms. The maximum absolute atomic E-state index is 11.5. The lowest BCUT2D eigenvalue weighted by Crippen LogP contribution is -2.28. The second-order valence-electron chi connectivity index (χ2n) is 3.10. The van der Waals surface area contributed by atoms with Gasteiger partial charge in [0.15, 0.2) is 0 Å². The minimum absolute atomic E-state index is 0.0120. The first-order chi connectivity index (χ1) is 6.52. The third-order valence-electron chi connectivity index (χ3n) is 1.68. The van der Waals surface area contributed by atoms with Gasteiger partial charge in [-0.25, -0.2) is 13.1 Å². The van der Waals surface area contributed by atoms with Crippen molar-refractivity contribution in [3.63, 3.8) is 0 Å². The number of nitrogens with one attached hydrogen (secondary N) is 2. The van der Waals surface area contributed by atoms with Gasteiger partial charge in [-0.2, -0.15) is 5.10 Å². The van der Waals surface area contributed by atoms with Crippen molar-refractivity contribution in [3.05, 3.63) is 12.4 Å². The van der Waals surface area contributed by atoms with Crippen LogP contribution in [0.4, 0.5) is 0 Å². The van der Waals surface area contributed by atoms with Gasteiger partial charge in [-0.3, -0.25) is 5.10 Å². The standard InChI is InChI=1S/C7H14N4O2S/c1-6(8)2-3-11-14(12,13)7-4-9-10-5-7/h4-6,11H,2-3,8H2,1H3,(H,9,10). The van der Waals surface area contributed by atoms with Crippen molar-refractivity contribution in [2.75, 3.05) is 6.54 Å². The normalized spacial score (nSPS) is 14.1. The average Bonchev–Trinajstić information content (AvgIpc) is 2.54. The van der Waals surface area contributed by atoms with Crippen LogP contribution in [-0.4, -0.2) is 31.2 Å². The molecular formula is C7H14N4O2S. The second-order valence-corrected chi connectivity index (χ2v) is 4.86. The highest BCUT2D eigenvalue weighted by atomic mass is 32.2. The van der Waals surface area contributed by atoms with Crippen LogP contribution in [0.1, 0.15) is 13.3 Å². The van der Waals surface area contributed by atoms with Gasteiger partial charge in [0.1, 0.15) is 4.90 Å². The predicted octanol–water partition coefficient (Wildman–Crippen LogP) is -0.575. The lowest BCUT2D eigenvalue weighted by atomic mass is 10.3. The first kappa shape index (κ1) is 11.2. The van der Waals surface area contributed by atoms with Crippen LogP contribution >= 0.6 is 0 Å². The fraction of sp³-hybridized carbons (Fsp3) is 0.571. The van der Waals surface area contributed by atoms with Crippen molar-refractivity contribution in [2.45, 2.75) is 24.3 Å². The van der Waals surface area contributed by atoms with E-state index in [9.17, 15) is 8.42 Å². The Bertz CT molecular complexity index is 357. The number of nitrogens with two attached hydrogens (primary N) is 1. The van der Waals surface area contributed by atoms with Crippen LogP contribution in [0.25, 0.3) is 0 Å². The summed E-state index contributed by atoms with van der Waals surface area (Å²) in [5.74, 6) is 0. The van der Waals surface area contributed by atoms with E-state index in [1.165, 1.54) is 12.4 Å². The van der Waals surface area contributed by atoms with Gasteiger partial charge in [0.25, 0.3) is 0 Å². The number of hydrogen-bond acceptors (Lipinski definition) is 4. The van der Waals surface area contributed by atoms with Crippen molar-refractivity contribution in [3.8, 4) is 0 Å². The van der Waals surface area contributed by atoms with Gasteiger partial charge < -0.3 is 5.73 Å². The Morgan fingerprint density at radius 1 is 1.71 bits per heavy atom. The molecule has 1 aromatic heterocycles. The third-order valence-corrected chi connectivity index (χ3v) is 3.10. The molecule has 7 heteroatoms. The minimum Gasteiger partial charge on any atom is -0.328 e. The van der Waals surface area contributed by atoms with Crippen molar-refractivity contribution >= 4 is 10.0 Å². The van der Waals surface area contributed by atoms with E-state index in [1.807, 2.05) is 6.92 Å². The largest absolute Gasteiger partial charge is 0.328 e. The molecule has 0 aliphatic heterocycles. The topological polar surface area (TPSA) is 101 Å². The molecule has 0 bridgehead atoms. The van der Waals surface area contributed by atoms with E-state index in [0.717, 1.165) is 0 Å². The lowest BCUT2D eigenvalue weighted by Gasteiger charge is -2.06. The van der Waals surface area contributed by atoms with E-state index >= 15 is 0 Å². The molecule has 0 aromatic carbocycles. The number of H-pyrrole nitrogens is 1. The minimum atomic E-state index is -3.41. The predicted molar refractivity (Wildman–Crippen MR) is 52.0 cm³/mol. The van der Waals surface area contributed by atoms with Crippen LogP contribution in [0.15, 0.2) is 17.3 Å². The Kier molecular flexibility index (Phi) is 3.62. The van der Waals surface area contributed by atoms with E-state index in [1.54, 1.807) is 0 Å². The van der Waals surface area contributed by atoms with Crippen LogP contribution in [0.2, 0.25) is 0 Å². The summed E-state index contributed by atoms with van der Waals surface area (Å²) in [4.78, 5) is 0.141. The molecule has 1 aromatic rings. The number of rotatable bonds is 5. The lowest BCUT2D eigenvalue weighted by molar-refractivity contribution is 0.572. The van der Waals surface area contributed by atoms with E-state index in [0.29, 0.717) is 13.0 Å². The van der Waals surface area contributed by atoms with Gasteiger partial charge in [-0.1, -0.05) is 0 Å². The smallest absolute Gasteiger partial charge is 0.243 e. The molecule has 0 aliphatic rings. The van der Waals surface area contributed by atoms with Crippen LogP contribution in [0.3, 0.4) is 0 Å². The highest BCUT2D eigenvalue weighted by Gasteiger charge is 2.13. The Labute approximate surface area is 82.9 Å². The number of aromatic nitrogens is 2. The Morgan fingerprint density at radius 3 is 2.93 bits per heavy atom. The summed E-state index contributed by atoms with van der Waals surface area (Å²) < 4.78 is 25.4. The Morgan fingerprint density at radius 2 is 2.43 bits per heavy atom. The molecule has 1 unspecified atom stereocenters. The summed E-state index contributed by atoms with van der Waals surface area (Å²) >= 11 is 0. The highest BCUT2D eigenvalue weighted by molar-refractivity contribution is 7.89. The Balaban J connectivity index is 2.52. The van der Waals surface area contributed by atoms with Gasteiger partial charge in [-0.15, -0.1) is 0 Å². The first-order valence-corrected chi connectivity index (χ1v) is 5.75. The fourth-order valence-electron chi connectivity index (χ4n) is 0.890. The maximum Gasteiger partial charge on any atom is 0.243 e. The van der Waals surface area contributed by atoms with E-state index in [4.69, 9.17) is 5.73 Å². The molecule has 0 saturated carbocycles. The zero-order valence-corrected chi connectivity index (χ0v) is 8.71. The first-order valence-electron chi connectivity index (χ1n) is 4.26. The van der Waals surface area contributed by atoms with Crippen LogP contribution in [0, 0.1) is 0 Å².